The summed E-state index contributed by atoms with van der Waals surface area (Å²) in [5.41, 5.74) is 3.20. The highest BCUT2D eigenvalue weighted by atomic mass is 16.6. The van der Waals surface area contributed by atoms with Gasteiger partial charge in [0.25, 0.3) is 5.91 Å². The van der Waals surface area contributed by atoms with Crippen molar-refractivity contribution in [2.75, 3.05) is 13.1 Å². The number of aromatic nitrogens is 2. The summed E-state index contributed by atoms with van der Waals surface area (Å²) in [4.78, 5) is 46.9. The molecule has 1 aliphatic heterocycles. The van der Waals surface area contributed by atoms with Gasteiger partial charge >= 0.3 is 12.2 Å². The minimum absolute atomic E-state index is 0.0769. The van der Waals surface area contributed by atoms with E-state index in [9.17, 15) is 14.4 Å². The molecule has 2 unspecified atom stereocenters. The molecule has 1 aromatic heterocycles. The van der Waals surface area contributed by atoms with Gasteiger partial charge in [-0.05, 0) is 90.1 Å². The van der Waals surface area contributed by atoms with Crippen LogP contribution in [0.15, 0.2) is 54.7 Å². The highest BCUT2D eigenvalue weighted by Gasteiger charge is 2.32. The molecular weight excluding hydrogens is 546 g/mol. The summed E-state index contributed by atoms with van der Waals surface area (Å²) in [5.74, 6) is 0.452. The fraction of sp³-hybridized carbons (Fsp3) is 0.455. The van der Waals surface area contributed by atoms with E-state index in [1.54, 1.807) is 23.2 Å². The van der Waals surface area contributed by atoms with Gasteiger partial charge in [0.05, 0.1) is 24.0 Å². The molecule has 0 radical (unpaired) electrons. The summed E-state index contributed by atoms with van der Waals surface area (Å²) in [6, 6.07) is 15.0. The molecule has 0 bridgehead atoms. The lowest BCUT2D eigenvalue weighted by Crippen LogP contribution is -2.45. The Kier molecular flexibility index (Phi) is 9.47. The van der Waals surface area contributed by atoms with Crippen molar-refractivity contribution in [3.05, 3.63) is 66.1 Å². The van der Waals surface area contributed by atoms with Gasteiger partial charge in [-0.1, -0.05) is 36.4 Å². The molecule has 2 heterocycles. The average molecular weight is 590 g/mol. The Morgan fingerprint density at radius 2 is 1.51 bits per heavy atom. The first kappa shape index (κ1) is 31.6. The summed E-state index contributed by atoms with van der Waals surface area (Å²) >= 11 is 0. The van der Waals surface area contributed by atoms with Crippen molar-refractivity contribution in [1.29, 1.82) is 0 Å². The number of imidazole rings is 1. The number of rotatable bonds is 7. The molecule has 0 saturated carbocycles. The Morgan fingerprint density at radius 3 is 2.12 bits per heavy atom. The van der Waals surface area contributed by atoms with Crippen LogP contribution in [0.25, 0.3) is 22.4 Å². The predicted octanol–water partition coefficient (Wildman–Crippen LogP) is 6.46. The summed E-state index contributed by atoms with van der Waals surface area (Å²) < 4.78 is 10.8. The first-order chi connectivity index (χ1) is 20.2. The molecule has 2 atom stereocenters. The maximum atomic E-state index is 12.8. The van der Waals surface area contributed by atoms with Gasteiger partial charge in [-0.2, -0.15) is 0 Å². The molecule has 1 saturated heterocycles. The number of benzene rings is 2. The smallest absolute Gasteiger partial charge is 0.410 e. The summed E-state index contributed by atoms with van der Waals surface area (Å²) in [5, 5.41) is 5.77. The number of H-pyrrole nitrogens is 1. The van der Waals surface area contributed by atoms with Crippen LogP contribution >= 0.6 is 0 Å². The molecule has 4 rings (SSSR count). The zero-order valence-electron chi connectivity index (χ0n) is 26.1. The van der Waals surface area contributed by atoms with E-state index in [1.165, 1.54) is 0 Å². The number of hydrogen-bond acceptors (Lipinski definition) is 6. The van der Waals surface area contributed by atoms with E-state index >= 15 is 0 Å². The maximum absolute atomic E-state index is 12.8. The van der Waals surface area contributed by atoms with Crippen molar-refractivity contribution in [3.63, 3.8) is 0 Å². The lowest BCUT2D eigenvalue weighted by Gasteiger charge is -2.28. The average Bonchev–Trinajstić information content (AvgIpc) is 3.60. The number of likely N-dealkylation sites (tertiary alicyclic amines) is 1. The minimum atomic E-state index is -0.575. The number of amides is 3. The molecular formula is C33H43N5O5. The van der Waals surface area contributed by atoms with E-state index < -0.39 is 17.3 Å². The Bertz CT molecular complexity index is 1420. The van der Waals surface area contributed by atoms with Crippen LogP contribution in [0.2, 0.25) is 0 Å². The Balaban J connectivity index is 1.32. The molecule has 2 aromatic carbocycles. The molecule has 3 amide bonds. The van der Waals surface area contributed by atoms with Gasteiger partial charge in [0.15, 0.2) is 0 Å². The number of ether oxygens (including phenoxy) is 2. The predicted molar refractivity (Wildman–Crippen MR) is 166 cm³/mol. The van der Waals surface area contributed by atoms with E-state index in [1.807, 2.05) is 84.9 Å². The number of carbonyl (C=O) groups excluding carboxylic acids is 3. The quantitative estimate of drug-likeness (QED) is 0.290. The number of aromatic amines is 1. The summed E-state index contributed by atoms with van der Waals surface area (Å²) in [6.45, 7) is 13.9. The largest absolute Gasteiger partial charge is 0.444 e. The van der Waals surface area contributed by atoms with Crippen LogP contribution in [0.5, 0.6) is 0 Å². The van der Waals surface area contributed by atoms with Crippen molar-refractivity contribution >= 4 is 18.1 Å². The van der Waals surface area contributed by atoms with Crippen molar-refractivity contribution in [2.24, 2.45) is 0 Å². The summed E-state index contributed by atoms with van der Waals surface area (Å²) in [7, 11) is 0. The van der Waals surface area contributed by atoms with Crippen LogP contribution in [-0.4, -0.2) is 63.3 Å². The Morgan fingerprint density at radius 1 is 0.930 bits per heavy atom. The zero-order chi connectivity index (χ0) is 31.4. The van der Waals surface area contributed by atoms with E-state index in [2.05, 4.69) is 20.6 Å². The fourth-order valence-corrected chi connectivity index (χ4v) is 4.83. The van der Waals surface area contributed by atoms with Crippen LogP contribution in [0.4, 0.5) is 9.59 Å². The van der Waals surface area contributed by atoms with Gasteiger partial charge in [0, 0.05) is 18.7 Å². The van der Waals surface area contributed by atoms with Crippen LogP contribution < -0.4 is 10.6 Å². The van der Waals surface area contributed by atoms with E-state index in [4.69, 9.17) is 9.47 Å². The molecule has 0 spiro atoms. The summed E-state index contributed by atoms with van der Waals surface area (Å²) in [6.07, 6.45) is 2.63. The van der Waals surface area contributed by atoms with Gasteiger partial charge in [-0.3, -0.25) is 4.79 Å². The Hall–Kier alpha value is -4.34. The van der Waals surface area contributed by atoms with Gasteiger partial charge in [-0.25, -0.2) is 14.6 Å². The monoisotopic (exact) mass is 589 g/mol. The standard InChI is InChI=1S/C33H43N5O5/c1-21(36-30(40)42-32(2,3)4)28-34-20-27(37-28)24-14-10-22(11-15-24)23-12-16-25(17-13-23)29(39)35-19-26-9-8-18-38(26)31(41)43-33(5,6)7/h10-17,20-21,26H,8-9,18-19H2,1-7H3,(H,34,37)(H,35,39)(H,36,40). The second kappa shape index (κ2) is 12.9. The normalized spacial score (nSPS) is 16.0. The van der Waals surface area contributed by atoms with Crippen molar-refractivity contribution < 1.29 is 23.9 Å². The highest BCUT2D eigenvalue weighted by Crippen LogP contribution is 2.26. The Labute approximate surface area is 253 Å². The van der Waals surface area contributed by atoms with Crippen LogP contribution in [0, 0.1) is 0 Å². The van der Waals surface area contributed by atoms with Gasteiger partial charge in [0.1, 0.15) is 17.0 Å². The van der Waals surface area contributed by atoms with Gasteiger partial charge in [0.2, 0.25) is 0 Å². The number of alkyl carbamates (subject to hydrolysis) is 1. The molecule has 1 aliphatic rings. The number of nitrogens with zero attached hydrogens (tertiary/aromatic N) is 2. The van der Waals surface area contributed by atoms with Crippen LogP contribution in [0.3, 0.4) is 0 Å². The molecule has 10 nitrogen and oxygen atoms in total. The van der Waals surface area contributed by atoms with Crippen molar-refractivity contribution in [1.82, 2.24) is 25.5 Å². The van der Waals surface area contributed by atoms with Gasteiger partial charge < -0.3 is 30.0 Å². The lowest BCUT2D eigenvalue weighted by molar-refractivity contribution is 0.0224. The fourth-order valence-electron chi connectivity index (χ4n) is 4.83. The SMILES string of the molecule is CC(NC(=O)OC(C)(C)C)c1ncc(-c2ccc(-c3ccc(C(=O)NCC4CCCN4C(=O)OC(C)(C)C)cc3)cc2)[nH]1. The van der Waals surface area contributed by atoms with Gasteiger partial charge in [-0.15, -0.1) is 0 Å². The molecule has 3 aromatic rings. The number of hydrogen-bond donors (Lipinski definition) is 3. The third-order valence-corrected chi connectivity index (χ3v) is 6.92. The molecule has 230 valence electrons. The molecule has 10 heteroatoms. The lowest BCUT2D eigenvalue weighted by atomic mass is 10.0. The van der Waals surface area contributed by atoms with E-state index in [0.717, 1.165) is 35.2 Å². The van der Waals surface area contributed by atoms with E-state index in [0.29, 0.717) is 24.5 Å². The number of carbonyl (C=O) groups is 3. The van der Waals surface area contributed by atoms with E-state index in [-0.39, 0.29) is 24.1 Å². The topological polar surface area (TPSA) is 126 Å². The second-order valence-electron chi connectivity index (χ2n) is 12.9. The highest BCUT2D eigenvalue weighted by molar-refractivity contribution is 5.94. The van der Waals surface area contributed by atoms with Crippen LogP contribution in [0.1, 0.15) is 83.5 Å². The zero-order valence-corrected chi connectivity index (χ0v) is 26.1. The molecule has 3 N–H and O–H groups in total. The number of nitrogens with one attached hydrogen (secondary N) is 3. The maximum Gasteiger partial charge on any atom is 0.410 e. The van der Waals surface area contributed by atoms with Crippen molar-refractivity contribution in [2.45, 2.75) is 84.6 Å². The molecule has 1 fully saturated rings. The first-order valence-electron chi connectivity index (χ1n) is 14.7. The minimum Gasteiger partial charge on any atom is -0.444 e. The van der Waals surface area contributed by atoms with Crippen LogP contribution in [-0.2, 0) is 9.47 Å². The second-order valence-corrected chi connectivity index (χ2v) is 12.9. The van der Waals surface area contributed by atoms with Crippen molar-refractivity contribution in [3.8, 4) is 22.4 Å². The first-order valence-corrected chi connectivity index (χ1v) is 14.7. The molecule has 0 aliphatic carbocycles. The molecule has 43 heavy (non-hydrogen) atoms. The third-order valence-electron chi connectivity index (χ3n) is 6.92. The third kappa shape index (κ3) is 8.83.